The highest BCUT2D eigenvalue weighted by molar-refractivity contribution is 8.14. The lowest BCUT2D eigenvalue weighted by Gasteiger charge is -1.92. The number of aliphatic carboxylic acids is 1. The normalized spacial score (nSPS) is 11.4. The number of amidine groups is 1. The molecule has 5 heteroatoms. The summed E-state index contributed by atoms with van der Waals surface area (Å²) in [6, 6.07) is 0. The van der Waals surface area contributed by atoms with E-state index in [2.05, 4.69) is 4.99 Å². The maximum absolute atomic E-state index is 9.89. The summed E-state index contributed by atoms with van der Waals surface area (Å²) in [5.41, 5.74) is 5.17. The average Bonchev–Trinajstić information content (AvgIpc) is 1.83. The summed E-state index contributed by atoms with van der Waals surface area (Å²) in [5, 5.41) is 8.43. The van der Waals surface area contributed by atoms with Crippen molar-refractivity contribution in [1.29, 1.82) is 0 Å². The van der Waals surface area contributed by atoms with Crippen LogP contribution in [0.1, 0.15) is 0 Å². The lowest BCUT2D eigenvalue weighted by molar-refractivity contribution is -0.133. The van der Waals surface area contributed by atoms with Crippen molar-refractivity contribution in [2.45, 2.75) is 0 Å². The quantitative estimate of drug-likeness (QED) is 0.418. The molecule has 0 aliphatic rings. The number of carboxylic acids is 1. The minimum absolute atomic E-state index is 0.0246. The molecule has 0 aliphatic heterocycles. The average molecular weight is 148 g/mol. The van der Waals surface area contributed by atoms with Crippen molar-refractivity contribution in [3.63, 3.8) is 0 Å². The molecule has 0 aromatic heterocycles. The van der Waals surface area contributed by atoms with E-state index in [0.29, 0.717) is 5.17 Å². The number of nitrogens with two attached hydrogens (primary N) is 1. The van der Waals surface area contributed by atoms with E-state index in [1.54, 1.807) is 0 Å². The van der Waals surface area contributed by atoms with Gasteiger partial charge in [0.15, 0.2) is 5.17 Å². The molecule has 0 aromatic carbocycles. The smallest absolute Gasteiger partial charge is 0.313 e. The van der Waals surface area contributed by atoms with Crippen LogP contribution in [0.25, 0.3) is 0 Å². The Bertz CT molecular complexity index is 135. The molecule has 0 amide bonds. The van der Waals surface area contributed by atoms with Gasteiger partial charge in [-0.2, -0.15) is 0 Å². The number of hydrogen-bond donors (Lipinski definition) is 2. The molecule has 0 aliphatic carbocycles. The van der Waals surface area contributed by atoms with E-state index in [0.717, 1.165) is 11.8 Å². The van der Waals surface area contributed by atoms with Crippen LogP contribution in [-0.4, -0.2) is 29.0 Å². The Balaban J connectivity index is 3.39. The lowest BCUT2D eigenvalue weighted by atomic mass is 10.8. The van der Waals surface area contributed by atoms with Gasteiger partial charge < -0.3 is 10.8 Å². The number of aliphatic imine (C=N–C) groups is 1. The van der Waals surface area contributed by atoms with Crippen LogP contribution in [0.2, 0.25) is 0 Å². The van der Waals surface area contributed by atoms with Crippen molar-refractivity contribution >= 4 is 22.9 Å². The van der Waals surface area contributed by atoms with E-state index >= 15 is 0 Å². The van der Waals surface area contributed by atoms with Crippen molar-refractivity contribution in [2.24, 2.45) is 10.7 Å². The number of nitrogens with zero attached hydrogens (tertiary/aromatic N) is 1. The largest absolute Gasteiger partial charge is 0.481 e. The van der Waals surface area contributed by atoms with Gasteiger partial charge in [0.2, 0.25) is 0 Å². The molecule has 0 radical (unpaired) electrons. The molecule has 0 unspecified atom stereocenters. The zero-order valence-corrected chi connectivity index (χ0v) is 5.81. The van der Waals surface area contributed by atoms with Gasteiger partial charge in [-0.05, 0) is 0 Å². The molecule has 52 valence electrons. The van der Waals surface area contributed by atoms with Crippen molar-refractivity contribution in [3.05, 3.63) is 0 Å². The third kappa shape index (κ3) is 5.16. The molecule has 0 atom stereocenters. The topological polar surface area (TPSA) is 75.7 Å². The Morgan fingerprint density at radius 1 is 1.89 bits per heavy atom. The third-order valence-electron chi connectivity index (χ3n) is 0.564. The van der Waals surface area contributed by atoms with Crippen molar-refractivity contribution in [3.8, 4) is 0 Å². The van der Waals surface area contributed by atoms with E-state index < -0.39 is 5.97 Å². The highest BCUT2D eigenvalue weighted by atomic mass is 32.2. The minimum Gasteiger partial charge on any atom is -0.481 e. The van der Waals surface area contributed by atoms with Crippen LogP contribution >= 0.6 is 11.8 Å². The molecule has 0 heterocycles. The first-order valence-corrected chi connectivity index (χ1v) is 3.22. The van der Waals surface area contributed by atoms with Gasteiger partial charge >= 0.3 is 5.97 Å². The van der Waals surface area contributed by atoms with Gasteiger partial charge in [0.05, 0.1) is 5.75 Å². The summed E-state index contributed by atoms with van der Waals surface area (Å²) in [7, 11) is 1.52. The monoisotopic (exact) mass is 148 g/mol. The zero-order chi connectivity index (χ0) is 7.28. The molecular weight excluding hydrogens is 140 g/mol. The number of hydrogen-bond acceptors (Lipinski definition) is 3. The van der Waals surface area contributed by atoms with Crippen molar-refractivity contribution in [1.82, 2.24) is 0 Å². The van der Waals surface area contributed by atoms with Crippen LogP contribution < -0.4 is 5.73 Å². The second kappa shape index (κ2) is 4.20. The standard InChI is InChI=1S/C4H8N2O2S/c1-6-4(5)9-2-3(7)8/h2H2,1H3,(H2,5,6)(H,7,8). The molecule has 0 bridgehead atoms. The van der Waals surface area contributed by atoms with Gasteiger partial charge in [-0.3, -0.25) is 9.79 Å². The van der Waals surface area contributed by atoms with Crippen LogP contribution in [0.4, 0.5) is 0 Å². The first-order valence-electron chi connectivity index (χ1n) is 2.23. The van der Waals surface area contributed by atoms with E-state index in [-0.39, 0.29) is 5.75 Å². The van der Waals surface area contributed by atoms with Gasteiger partial charge in [0, 0.05) is 7.05 Å². The number of thioether (sulfide) groups is 1. The Morgan fingerprint density at radius 3 is 2.78 bits per heavy atom. The molecule has 0 fully saturated rings. The van der Waals surface area contributed by atoms with Crippen LogP contribution in [0.5, 0.6) is 0 Å². The molecule has 4 nitrogen and oxygen atoms in total. The summed E-state index contributed by atoms with van der Waals surface area (Å²) in [5.74, 6) is -0.907. The van der Waals surface area contributed by atoms with E-state index in [4.69, 9.17) is 10.8 Å². The lowest BCUT2D eigenvalue weighted by Crippen LogP contribution is -2.10. The fourth-order valence-corrected chi connectivity index (χ4v) is 0.601. The Labute approximate surface area is 57.1 Å². The molecule has 0 spiro atoms. The fourth-order valence-electron chi connectivity index (χ4n) is 0.200. The summed E-state index contributed by atoms with van der Waals surface area (Å²) in [6.45, 7) is 0. The van der Waals surface area contributed by atoms with Crippen LogP contribution in [0, 0.1) is 0 Å². The highest BCUT2D eigenvalue weighted by Crippen LogP contribution is 1.96. The van der Waals surface area contributed by atoms with E-state index in [1.807, 2.05) is 0 Å². The first-order chi connectivity index (χ1) is 4.16. The SMILES string of the molecule is CN=C(N)SCC(=O)O. The second-order valence-corrected chi connectivity index (χ2v) is 2.24. The summed E-state index contributed by atoms with van der Waals surface area (Å²) >= 11 is 1.01. The Kier molecular flexibility index (Phi) is 3.87. The van der Waals surface area contributed by atoms with E-state index in [1.165, 1.54) is 7.05 Å². The zero-order valence-electron chi connectivity index (χ0n) is 5.00. The van der Waals surface area contributed by atoms with Gasteiger partial charge in [-0.15, -0.1) is 0 Å². The van der Waals surface area contributed by atoms with Crippen LogP contribution in [0.15, 0.2) is 4.99 Å². The number of rotatable bonds is 2. The minimum atomic E-state index is -0.883. The molecule has 3 N–H and O–H groups in total. The molecule has 9 heavy (non-hydrogen) atoms. The summed E-state index contributed by atoms with van der Waals surface area (Å²) in [6.07, 6.45) is 0. The summed E-state index contributed by atoms with van der Waals surface area (Å²) < 4.78 is 0. The van der Waals surface area contributed by atoms with Gasteiger partial charge in [0.25, 0.3) is 0 Å². The molecular formula is C4H8N2O2S. The first kappa shape index (κ1) is 8.29. The maximum Gasteiger partial charge on any atom is 0.313 e. The second-order valence-electron chi connectivity index (χ2n) is 1.24. The number of carboxylic acid groups (broad SMARTS) is 1. The predicted molar refractivity (Wildman–Crippen MR) is 37.6 cm³/mol. The Hall–Kier alpha value is -0.710. The number of carbonyl (C=O) groups is 1. The van der Waals surface area contributed by atoms with Gasteiger partial charge in [-0.25, -0.2) is 0 Å². The molecule has 0 saturated heterocycles. The van der Waals surface area contributed by atoms with E-state index in [9.17, 15) is 4.79 Å². The molecule has 0 saturated carbocycles. The van der Waals surface area contributed by atoms with Crippen molar-refractivity contribution in [2.75, 3.05) is 12.8 Å². The Morgan fingerprint density at radius 2 is 2.44 bits per heavy atom. The van der Waals surface area contributed by atoms with Crippen LogP contribution in [-0.2, 0) is 4.79 Å². The van der Waals surface area contributed by atoms with Gasteiger partial charge in [0.1, 0.15) is 0 Å². The third-order valence-corrected chi connectivity index (χ3v) is 1.43. The van der Waals surface area contributed by atoms with Gasteiger partial charge in [-0.1, -0.05) is 11.8 Å². The van der Waals surface area contributed by atoms with Crippen LogP contribution in [0.3, 0.4) is 0 Å². The maximum atomic E-state index is 9.89. The highest BCUT2D eigenvalue weighted by Gasteiger charge is 1.97. The predicted octanol–water partition coefficient (Wildman–Crippen LogP) is -0.251. The molecule has 0 rings (SSSR count). The fraction of sp³-hybridized carbons (Fsp3) is 0.500. The molecule has 0 aromatic rings. The summed E-state index contributed by atoms with van der Waals surface area (Å²) in [4.78, 5) is 13.4. The van der Waals surface area contributed by atoms with Crippen molar-refractivity contribution < 1.29 is 9.90 Å².